The molecule has 0 unspecified atom stereocenters. The van der Waals surface area contributed by atoms with Crippen LogP contribution in [0.25, 0.3) is 11.0 Å². The average molecular weight is 367 g/mol. The zero-order valence-corrected chi connectivity index (χ0v) is 15.8. The molecule has 0 aliphatic carbocycles. The SMILES string of the molecule is Cc1cc(C)c2c(N3CCN(Cc4ccco4)[C@H](CCO)C3)ncnc2n1. The first-order chi connectivity index (χ1) is 13.2. The number of aliphatic hydroxyl groups is 1. The molecule has 0 amide bonds. The van der Waals surface area contributed by atoms with Gasteiger partial charge in [-0.25, -0.2) is 15.0 Å². The Hall–Kier alpha value is -2.51. The first kappa shape index (κ1) is 17.9. The van der Waals surface area contributed by atoms with Crippen LogP contribution in [-0.4, -0.2) is 57.2 Å². The number of furan rings is 1. The zero-order valence-electron chi connectivity index (χ0n) is 15.8. The van der Waals surface area contributed by atoms with Crippen LogP contribution in [-0.2, 0) is 6.54 Å². The Kier molecular flexibility index (Phi) is 5.05. The predicted octanol–water partition coefficient (Wildman–Crippen LogP) is 2.31. The zero-order chi connectivity index (χ0) is 18.8. The molecule has 0 radical (unpaired) electrons. The summed E-state index contributed by atoms with van der Waals surface area (Å²) in [6, 6.07) is 6.22. The van der Waals surface area contributed by atoms with Gasteiger partial charge in [0.15, 0.2) is 5.65 Å². The summed E-state index contributed by atoms with van der Waals surface area (Å²) in [4.78, 5) is 18.2. The van der Waals surface area contributed by atoms with Crippen molar-refractivity contribution >= 4 is 16.9 Å². The number of nitrogens with zero attached hydrogens (tertiary/aromatic N) is 5. The lowest BCUT2D eigenvalue weighted by Gasteiger charge is -2.41. The van der Waals surface area contributed by atoms with Gasteiger partial charge in [-0.15, -0.1) is 0 Å². The molecule has 4 heterocycles. The molecule has 7 nitrogen and oxygen atoms in total. The number of aliphatic hydroxyl groups excluding tert-OH is 1. The van der Waals surface area contributed by atoms with Crippen molar-refractivity contribution < 1.29 is 9.52 Å². The normalized spacial score (nSPS) is 18.3. The van der Waals surface area contributed by atoms with E-state index >= 15 is 0 Å². The minimum absolute atomic E-state index is 0.164. The van der Waals surface area contributed by atoms with Gasteiger partial charge in [0.25, 0.3) is 0 Å². The van der Waals surface area contributed by atoms with Crippen molar-refractivity contribution in [2.24, 2.45) is 0 Å². The van der Waals surface area contributed by atoms with Crippen LogP contribution in [0, 0.1) is 13.8 Å². The van der Waals surface area contributed by atoms with Crippen LogP contribution in [0.15, 0.2) is 35.2 Å². The monoisotopic (exact) mass is 367 g/mol. The Bertz CT molecular complexity index is 912. The molecule has 1 saturated heterocycles. The fraction of sp³-hybridized carbons (Fsp3) is 0.450. The molecule has 3 aromatic rings. The lowest BCUT2D eigenvalue weighted by atomic mass is 10.1. The van der Waals surface area contributed by atoms with E-state index in [4.69, 9.17) is 4.42 Å². The van der Waals surface area contributed by atoms with Crippen molar-refractivity contribution in [3.63, 3.8) is 0 Å². The lowest BCUT2D eigenvalue weighted by Crippen LogP contribution is -2.53. The van der Waals surface area contributed by atoms with Crippen molar-refractivity contribution in [2.45, 2.75) is 32.9 Å². The van der Waals surface area contributed by atoms with Gasteiger partial charge in [-0.3, -0.25) is 4.90 Å². The third-order valence-electron chi connectivity index (χ3n) is 5.21. The van der Waals surface area contributed by atoms with Crippen molar-refractivity contribution in [3.05, 3.63) is 47.8 Å². The molecule has 1 aliphatic heterocycles. The third-order valence-corrected chi connectivity index (χ3v) is 5.21. The van der Waals surface area contributed by atoms with Gasteiger partial charge in [-0.1, -0.05) is 0 Å². The average Bonchev–Trinajstić information content (AvgIpc) is 3.16. The molecule has 1 aliphatic rings. The van der Waals surface area contributed by atoms with Crippen molar-refractivity contribution in [3.8, 4) is 0 Å². The van der Waals surface area contributed by atoms with Gasteiger partial charge in [-0.2, -0.15) is 0 Å². The minimum atomic E-state index is 0.164. The molecule has 4 rings (SSSR count). The van der Waals surface area contributed by atoms with E-state index < -0.39 is 0 Å². The number of rotatable bonds is 5. The summed E-state index contributed by atoms with van der Waals surface area (Å²) in [6.07, 6.45) is 4.02. The lowest BCUT2D eigenvalue weighted by molar-refractivity contribution is 0.127. The molecule has 142 valence electrons. The molecular weight excluding hydrogens is 342 g/mol. The van der Waals surface area contributed by atoms with Crippen molar-refractivity contribution in [2.75, 3.05) is 31.1 Å². The van der Waals surface area contributed by atoms with Crippen molar-refractivity contribution in [1.29, 1.82) is 0 Å². The number of aryl methyl sites for hydroxylation is 2. The molecule has 0 bridgehead atoms. The summed E-state index contributed by atoms with van der Waals surface area (Å²) in [5, 5.41) is 10.6. The van der Waals surface area contributed by atoms with Crippen LogP contribution in [0.1, 0.15) is 23.4 Å². The Morgan fingerprint density at radius 1 is 1.26 bits per heavy atom. The van der Waals surface area contributed by atoms with Gasteiger partial charge in [0, 0.05) is 38.0 Å². The maximum atomic E-state index is 9.56. The van der Waals surface area contributed by atoms with Crippen LogP contribution in [0.5, 0.6) is 0 Å². The molecule has 0 spiro atoms. The van der Waals surface area contributed by atoms with E-state index in [2.05, 4.69) is 37.7 Å². The van der Waals surface area contributed by atoms with E-state index in [-0.39, 0.29) is 12.6 Å². The quantitative estimate of drug-likeness (QED) is 0.741. The number of anilines is 1. The van der Waals surface area contributed by atoms with Crippen LogP contribution < -0.4 is 4.90 Å². The molecular formula is C20H25N5O2. The molecule has 0 aromatic carbocycles. The Balaban J connectivity index is 1.61. The fourth-order valence-corrected chi connectivity index (χ4v) is 3.95. The predicted molar refractivity (Wildman–Crippen MR) is 104 cm³/mol. The second-order valence-corrected chi connectivity index (χ2v) is 7.14. The van der Waals surface area contributed by atoms with Gasteiger partial charge in [0.2, 0.25) is 0 Å². The maximum absolute atomic E-state index is 9.56. The van der Waals surface area contributed by atoms with Crippen LogP contribution in [0.2, 0.25) is 0 Å². The number of piperazine rings is 1. The highest BCUT2D eigenvalue weighted by Crippen LogP contribution is 2.28. The van der Waals surface area contributed by atoms with Gasteiger partial charge in [0.05, 0.1) is 18.2 Å². The Labute approximate surface area is 158 Å². The topological polar surface area (TPSA) is 78.5 Å². The second-order valence-electron chi connectivity index (χ2n) is 7.14. The van der Waals surface area contributed by atoms with Crippen LogP contribution >= 0.6 is 0 Å². The van der Waals surface area contributed by atoms with E-state index in [1.165, 1.54) is 0 Å². The second kappa shape index (κ2) is 7.62. The van der Waals surface area contributed by atoms with E-state index in [0.717, 1.165) is 66.5 Å². The van der Waals surface area contributed by atoms with Gasteiger partial charge >= 0.3 is 0 Å². The van der Waals surface area contributed by atoms with E-state index in [9.17, 15) is 5.11 Å². The van der Waals surface area contributed by atoms with Gasteiger partial charge in [0.1, 0.15) is 17.9 Å². The standard InChI is InChI=1S/C20H25N5O2/c1-14-10-15(2)23-19-18(14)20(22-13-21-19)25-7-6-24(16(11-25)5-8-26)12-17-4-3-9-27-17/h3-4,9-10,13,16,26H,5-8,11-12H2,1-2H3/t16-/m1/s1. The number of aromatic nitrogens is 3. The van der Waals surface area contributed by atoms with E-state index in [0.29, 0.717) is 0 Å². The largest absolute Gasteiger partial charge is 0.468 e. The van der Waals surface area contributed by atoms with E-state index in [1.807, 2.05) is 19.1 Å². The summed E-state index contributed by atoms with van der Waals surface area (Å²) < 4.78 is 5.51. The highest BCUT2D eigenvalue weighted by molar-refractivity contribution is 5.90. The van der Waals surface area contributed by atoms with Crippen molar-refractivity contribution in [1.82, 2.24) is 19.9 Å². The summed E-state index contributed by atoms with van der Waals surface area (Å²) in [5.41, 5.74) is 2.85. The first-order valence-electron chi connectivity index (χ1n) is 9.37. The number of pyridine rings is 1. The first-order valence-corrected chi connectivity index (χ1v) is 9.37. The number of hydrogen-bond donors (Lipinski definition) is 1. The summed E-state index contributed by atoms with van der Waals surface area (Å²) >= 11 is 0. The van der Waals surface area contributed by atoms with Crippen LogP contribution in [0.4, 0.5) is 5.82 Å². The molecule has 27 heavy (non-hydrogen) atoms. The van der Waals surface area contributed by atoms with Gasteiger partial charge < -0.3 is 14.4 Å². The molecule has 0 saturated carbocycles. The molecule has 3 aromatic heterocycles. The highest BCUT2D eigenvalue weighted by Gasteiger charge is 2.29. The molecule has 1 atom stereocenters. The maximum Gasteiger partial charge on any atom is 0.165 e. The number of hydrogen-bond acceptors (Lipinski definition) is 7. The molecule has 7 heteroatoms. The third kappa shape index (κ3) is 3.65. The highest BCUT2D eigenvalue weighted by atomic mass is 16.3. The summed E-state index contributed by atoms with van der Waals surface area (Å²) in [5.74, 6) is 1.89. The fourth-order valence-electron chi connectivity index (χ4n) is 3.95. The van der Waals surface area contributed by atoms with Gasteiger partial charge in [-0.05, 0) is 44.0 Å². The van der Waals surface area contributed by atoms with Crippen LogP contribution in [0.3, 0.4) is 0 Å². The Morgan fingerprint density at radius 3 is 2.93 bits per heavy atom. The molecule has 1 fully saturated rings. The Morgan fingerprint density at radius 2 is 2.15 bits per heavy atom. The molecule has 1 N–H and O–H groups in total. The summed E-state index contributed by atoms with van der Waals surface area (Å²) in [6.45, 7) is 7.55. The number of fused-ring (bicyclic) bond motifs is 1. The minimum Gasteiger partial charge on any atom is -0.468 e. The summed E-state index contributed by atoms with van der Waals surface area (Å²) in [7, 11) is 0. The smallest absolute Gasteiger partial charge is 0.165 e. The van der Waals surface area contributed by atoms with E-state index in [1.54, 1.807) is 12.6 Å².